The first-order valence-corrected chi connectivity index (χ1v) is 3.19. The minimum Gasteiger partial charge on any atom is -0.348 e. The largest absolute Gasteiger partial charge is 0.348 e. The molecule has 0 bridgehead atoms. The molecule has 9 heavy (non-hydrogen) atoms. The van der Waals surface area contributed by atoms with Gasteiger partial charge in [-0.05, 0) is 0 Å². The van der Waals surface area contributed by atoms with Gasteiger partial charge in [-0.1, -0.05) is 0 Å². The molecule has 0 aliphatic rings. The van der Waals surface area contributed by atoms with E-state index in [1.54, 1.807) is 11.6 Å². The van der Waals surface area contributed by atoms with Crippen molar-refractivity contribution in [2.45, 2.75) is 0 Å². The second-order valence-electron chi connectivity index (χ2n) is 1.34. The third-order valence-electron chi connectivity index (χ3n) is 0.787. The van der Waals surface area contributed by atoms with Crippen LogP contribution in [0.15, 0.2) is 11.6 Å². The van der Waals surface area contributed by atoms with Crippen molar-refractivity contribution >= 4 is 17.2 Å². The molecule has 0 atom stereocenters. The Balaban J connectivity index is 2.77. The van der Waals surface area contributed by atoms with Gasteiger partial charge in [-0.25, -0.2) is 4.98 Å². The third kappa shape index (κ3) is 1.26. The van der Waals surface area contributed by atoms with Crippen LogP contribution in [0.2, 0.25) is 0 Å². The number of amides is 1. The zero-order chi connectivity index (χ0) is 6.69. The maximum absolute atomic E-state index is 10.6. The first-order valence-electron chi connectivity index (χ1n) is 2.31. The Morgan fingerprint density at radius 1 is 1.89 bits per heavy atom. The maximum Gasteiger partial charge on any atom is 0.280 e. The molecule has 0 saturated heterocycles. The zero-order valence-electron chi connectivity index (χ0n) is 4.63. The van der Waals surface area contributed by atoms with Gasteiger partial charge in [0.2, 0.25) is 0 Å². The van der Waals surface area contributed by atoms with Crippen LogP contribution in [0.5, 0.6) is 0 Å². The lowest BCUT2D eigenvalue weighted by Crippen LogP contribution is -2.14. The van der Waals surface area contributed by atoms with Gasteiger partial charge in [0.05, 0.1) is 0 Å². The molecule has 0 aliphatic carbocycles. The first-order chi connectivity index (χ1) is 4.34. The highest BCUT2D eigenvalue weighted by Gasteiger charge is 2.02. The number of rotatable bonds is 1. The lowest BCUT2D eigenvalue weighted by atomic mass is 10.6. The molecular weight excluding hydrogens is 136 g/mol. The number of carbonyl (C=O) groups excluding carboxylic acids is 1. The highest BCUT2D eigenvalue weighted by molar-refractivity contribution is 7.11. The van der Waals surface area contributed by atoms with Gasteiger partial charge in [0.25, 0.3) is 5.91 Å². The van der Waals surface area contributed by atoms with E-state index in [0.29, 0.717) is 5.01 Å². The van der Waals surface area contributed by atoms with Crippen LogP contribution in [-0.2, 0) is 0 Å². The molecule has 0 unspecified atom stereocenters. The molecule has 0 fully saturated rings. The average molecular weight is 141 g/mol. The van der Waals surface area contributed by atoms with E-state index < -0.39 is 0 Å². The number of carbonyl (C=O) groups is 1. The molecule has 1 aromatic rings. The molecular formula is C5H5N2OS. The van der Waals surface area contributed by atoms with E-state index >= 15 is 0 Å². The molecule has 1 amide bonds. The summed E-state index contributed by atoms with van der Waals surface area (Å²) in [7, 11) is 3.21. The summed E-state index contributed by atoms with van der Waals surface area (Å²) in [5.41, 5.74) is 0. The third-order valence-corrected chi connectivity index (χ3v) is 1.56. The molecule has 0 aliphatic heterocycles. The topological polar surface area (TPSA) is 42.0 Å². The summed E-state index contributed by atoms with van der Waals surface area (Å²) in [4.78, 5) is 14.4. The molecule has 1 rings (SSSR count). The van der Waals surface area contributed by atoms with Crippen molar-refractivity contribution < 1.29 is 4.79 Å². The standard InChI is InChI=1S/C5H5N2OS/c1-6-4(8)5-7-2-3-9-5/h2-3H,1H2,(H,6,8). The lowest BCUT2D eigenvalue weighted by molar-refractivity contribution is 0.0968. The summed E-state index contributed by atoms with van der Waals surface area (Å²) in [5, 5.41) is 4.42. The van der Waals surface area contributed by atoms with Crippen molar-refractivity contribution in [2.75, 3.05) is 0 Å². The van der Waals surface area contributed by atoms with Crippen molar-refractivity contribution in [2.24, 2.45) is 0 Å². The van der Waals surface area contributed by atoms with E-state index in [9.17, 15) is 4.79 Å². The number of hydrogen-bond acceptors (Lipinski definition) is 3. The fourth-order valence-electron chi connectivity index (χ4n) is 0.411. The Labute approximate surface area is 56.7 Å². The Morgan fingerprint density at radius 2 is 2.67 bits per heavy atom. The Hall–Kier alpha value is -0.900. The number of nitrogens with one attached hydrogen (secondary N) is 1. The quantitative estimate of drug-likeness (QED) is 0.624. The molecule has 3 nitrogen and oxygen atoms in total. The number of aromatic nitrogens is 1. The Morgan fingerprint density at radius 3 is 3.11 bits per heavy atom. The fraction of sp³-hybridized carbons (Fsp3) is 0. The van der Waals surface area contributed by atoms with Crippen LogP contribution in [0.4, 0.5) is 0 Å². The van der Waals surface area contributed by atoms with E-state index in [0.717, 1.165) is 0 Å². The van der Waals surface area contributed by atoms with Crippen LogP contribution in [0.25, 0.3) is 0 Å². The van der Waals surface area contributed by atoms with Gasteiger partial charge in [0, 0.05) is 18.6 Å². The number of nitrogens with zero attached hydrogens (tertiary/aromatic N) is 1. The summed E-state index contributed by atoms with van der Waals surface area (Å²) in [6.07, 6.45) is 1.58. The SMILES string of the molecule is [CH2]NC(=O)c1nccs1. The minimum absolute atomic E-state index is 0.231. The van der Waals surface area contributed by atoms with Crippen LogP contribution in [-0.4, -0.2) is 10.9 Å². The van der Waals surface area contributed by atoms with Crippen molar-refractivity contribution in [3.63, 3.8) is 0 Å². The predicted octanol–water partition coefficient (Wildman–Crippen LogP) is 0.664. The highest BCUT2D eigenvalue weighted by atomic mass is 32.1. The smallest absolute Gasteiger partial charge is 0.280 e. The van der Waals surface area contributed by atoms with Gasteiger partial charge in [-0.2, -0.15) is 0 Å². The summed E-state index contributed by atoms with van der Waals surface area (Å²) in [6.45, 7) is 0. The molecule has 1 N–H and O–H groups in total. The highest BCUT2D eigenvalue weighted by Crippen LogP contribution is 2.01. The van der Waals surface area contributed by atoms with Crippen LogP contribution in [0, 0.1) is 7.05 Å². The first kappa shape index (κ1) is 6.22. The molecule has 47 valence electrons. The van der Waals surface area contributed by atoms with Crippen molar-refractivity contribution in [3.8, 4) is 0 Å². The van der Waals surface area contributed by atoms with Crippen LogP contribution in [0.1, 0.15) is 9.80 Å². The molecule has 0 spiro atoms. The van der Waals surface area contributed by atoms with E-state index in [1.807, 2.05) is 0 Å². The minimum atomic E-state index is -0.231. The van der Waals surface area contributed by atoms with E-state index in [1.165, 1.54) is 11.3 Å². The number of thiazole rings is 1. The van der Waals surface area contributed by atoms with Crippen molar-refractivity contribution in [1.29, 1.82) is 0 Å². The van der Waals surface area contributed by atoms with E-state index in [-0.39, 0.29) is 5.91 Å². The molecule has 1 radical (unpaired) electrons. The van der Waals surface area contributed by atoms with Crippen LogP contribution < -0.4 is 5.32 Å². The van der Waals surface area contributed by atoms with Crippen molar-refractivity contribution in [3.05, 3.63) is 23.6 Å². The second-order valence-corrected chi connectivity index (χ2v) is 2.24. The van der Waals surface area contributed by atoms with Gasteiger partial charge in [0.1, 0.15) is 0 Å². The summed E-state index contributed by atoms with van der Waals surface area (Å²) >= 11 is 1.29. The summed E-state index contributed by atoms with van der Waals surface area (Å²) in [5.74, 6) is -0.231. The predicted molar refractivity (Wildman–Crippen MR) is 34.9 cm³/mol. The molecule has 4 heteroatoms. The van der Waals surface area contributed by atoms with E-state index in [2.05, 4.69) is 17.3 Å². The monoisotopic (exact) mass is 141 g/mol. The van der Waals surface area contributed by atoms with Gasteiger partial charge in [0.15, 0.2) is 5.01 Å². The summed E-state index contributed by atoms with van der Waals surface area (Å²) < 4.78 is 0. The Bertz CT molecular complexity index is 195. The van der Waals surface area contributed by atoms with Gasteiger partial charge in [-0.15, -0.1) is 11.3 Å². The molecule has 0 aromatic carbocycles. The maximum atomic E-state index is 10.6. The Kier molecular flexibility index (Phi) is 1.79. The molecule has 0 saturated carbocycles. The van der Waals surface area contributed by atoms with Crippen molar-refractivity contribution in [1.82, 2.24) is 10.3 Å². The summed E-state index contributed by atoms with van der Waals surface area (Å²) in [6, 6.07) is 0. The molecule has 1 aromatic heterocycles. The van der Waals surface area contributed by atoms with Crippen LogP contribution in [0.3, 0.4) is 0 Å². The molecule has 1 heterocycles. The van der Waals surface area contributed by atoms with Crippen LogP contribution >= 0.6 is 11.3 Å². The zero-order valence-corrected chi connectivity index (χ0v) is 5.44. The average Bonchev–Trinajstić information content (AvgIpc) is 2.37. The lowest BCUT2D eigenvalue weighted by Gasteiger charge is -1.88. The van der Waals surface area contributed by atoms with E-state index in [4.69, 9.17) is 0 Å². The fourth-order valence-corrected chi connectivity index (χ4v) is 0.963. The normalized spacial score (nSPS) is 9.00. The second kappa shape index (κ2) is 2.59. The van der Waals surface area contributed by atoms with Gasteiger partial charge in [-0.3, -0.25) is 4.79 Å². The van der Waals surface area contributed by atoms with Gasteiger partial charge < -0.3 is 5.32 Å². The van der Waals surface area contributed by atoms with Gasteiger partial charge >= 0.3 is 0 Å². The number of hydrogen-bond donors (Lipinski definition) is 1.